The topological polar surface area (TPSA) is 63.6 Å². The quantitative estimate of drug-likeness (QED) is 0.789. The number of nitrogens with one attached hydrogen (secondary N) is 1. The van der Waals surface area contributed by atoms with Crippen LogP contribution in [0.2, 0.25) is 0 Å². The van der Waals surface area contributed by atoms with Gasteiger partial charge in [0.15, 0.2) is 5.69 Å². The van der Waals surface area contributed by atoms with Gasteiger partial charge >= 0.3 is 6.18 Å². The number of aromatic nitrogens is 4. The molecule has 1 N–H and O–H groups in total. The van der Waals surface area contributed by atoms with Crippen LogP contribution in [0.3, 0.4) is 0 Å². The summed E-state index contributed by atoms with van der Waals surface area (Å²) in [6.07, 6.45) is -3.29. The van der Waals surface area contributed by atoms with Crippen molar-refractivity contribution in [1.29, 1.82) is 0 Å². The second kappa shape index (κ2) is 4.44. The van der Waals surface area contributed by atoms with E-state index in [4.69, 9.17) is 0 Å². The summed E-state index contributed by atoms with van der Waals surface area (Å²) in [5, 5.41) is 5.13. The molecule has 104 valence electrons. The number of thiophene rings is 1. The summed E-state index contributed by atoms with van der Waals surface area (Å²) in [6, 6.07) is 2.56. The molecule has 0 aromatic carbocycles. The first-order valence-corrected chi connectivity index (χ1v) is 6.38. The number of halogens is 3. The molecule has 0 atom stereocenters. The molecule has 0 radical (unpaired) electrons. The molecule has 0 fully saturated rings. The Labute approximate surface area is 113 Å². The third kappa shape index (κ3) is 2.31. The van der Waals surface area contributed by atoms with E-state index in [2.05, 4.69) is 15.1 Å². The van der Waals surface area contributed by atoms with Crippen LogP contribution in [0.1, 0.15) is 11.5 Å². The fourth-order valence-electron chi connectivity index (χ4n) is 1.75. The molecule has 5 nitrogen and oxygen atoms in total. The van der Waals surface area contributed by atoms with Crippen LogP contribution in [0.4, 0.5) is 13.2 Å². The van der Waals surface area contributed by atoms with Crippen molar-refractivity contribution < 1.29 is 13.2 Å². The van der Waals surface area contributed by atoms with E-state index in [0.29, 0.717) is 10.2 Å². The normalized spacial score (nSPS) is 12.2. The molecule has 0 bridgehead atoms. The molecule has 0 saturated heterocycles. The zero-order chi connectivity index (χ0) is 14.3. The molecule has 0 aliphatic carbocycles. The fraction of sp³-hybridized carbons (Fsp3) is 0.182. The lowest BCUT2D eigenvalue weighted by Gasteiger charge is -2.03. The Morgan fingerprint density at radius 3 is 2.85 bits per heavy atom. The molecular formula is C11H7F3N4OS. The monoisotopic (exact) mass is 300 g/mol. The van der Waals surface area contributed by atoms with Crippen molar-refractivity contribution in [1.82, 2.24) is 19.7 Å². The van der Waals surface area contributed by atoms with E-state index in [0.717, 1.165) is 10.7 Å². The predicted octanol–water partition coefficient (Wildman–Crippen LogP) is 2.25. The largest absolute Gasteiger partial charge is 0.435 e. The lowest BCUT2D eigenvalue weighted by Crippen LogP contribution is -2.14. The van der Waals surface area contributed by atoms with E-state index in [9.17, 15) is 18.0 Å². The van der Waals surface area contributed by atoms with E-state index >= 15 is 0 Å². The Morgan fingerprint density at radius 2 is 2.15 bits per heavy atom. The zero-order valence-electron chi connectivity index (χ0n) is 9.81. The molecule has 0 aliphatic heterocycles. The van der Waals surface area contributed by atoms with Crippen molar-refractivity contribution in [2.45, 2.75) is 12.7 Å². The van der Waals surface area contributed by atoms with Gasteiger partial charge in [-0.1, -0.05) is 0 Å². The van der Waals surface area contributed by atoms with Crippen LogP contribution in [0.15, 0.2) is 28.5 Å². The molecule has 0 saturated carbocycles. The molecule has 3 aromatic heterocycles. The summed E-state index contributed by atoms with van der Waals surface area (Å²) in [7, 11) is 0. The number of aromatic amines is 1. The van der Waals surface area contributed by atoms with Gasteiger partial charge in [0.25, 0.3) is 5.56 Å². The maximum Gasteiger partial charge on any atom is 0.435 e. The minimum Gasteiger partial charge on any atom is -0.308 e. The molecule has 9 heteroatoms. The Balaban J connectivity index is 1.93. The minimum absolute atomic E-state index is 0.0306. The number of alkyl halides is 3. The molecule has 0 unspecified atom stereocenters. The van der Waals surface area contributed by atoms with Crippen LogP contribution in [0.25, 0.3) is 10.2 Å². The minimum atomic E-state index is -4.48. The number of hydrogen-bond acceptors (Lipinski definition) is 4. The highest BCUT2D eigenvalue weighted by Gasteiger charge is 2.33. The zero-order valence-corrected chi connectivity index (χ0v) is 10.6. The van der Waals surface area contributed by atoms with Crippen molar-refractivity contribution in [2.24, 2.45) is 0 Å². The van der Waals surface area contributed by atoms with Gasteiger partial charge < -0.3 is 4.98 Å². The standard InChI is InChI=1S/C11H7F3N4OS/c12-11(13,14)7-1-3-18(17-7)5-8-15-6-2-4-20-9(6)10(19)16-8/h1-4H,5H2,(H,15,16,19). The first-order chi connectivity index (χ1) is 9.43. The highest BCUT2D eigenvalue weighted by atomic mass is 32.1. The summed E-state index contributed by atoms with van der Waals surface area (Å²) in [5.41, 5.74) is -0.753. The fourth-order valence-corrected chi connectivity index (χ4v) is 2.48. The van der Waals surface area contributed by atoms with Crippen LogP contribution in [0, 0.1) is 0 Å². The van der Waals surface area contributed by atoms with Gasteiger partial charge in [-0.2, -0.15) is 18.3 Å². The van der Waals surface area contributed by atoms with Crippen molar-refractivity contribution >= 4 is 21.6 Å². The molecule has 20 heavy (non-hydrogen) atoms. The van der Waals surface area contributed by atoms with E-state index in [1.165, 1.54) is 17.5 Å². The molecule has 0 amide bonds. The number of fused-ring (bicyclic) bond motifs is 1. The maximum absolute atomic E-state index is 12.4. The summed E-state index contributed by atoms with van der Waals surface area (Å²) >= 11 is 1.26. The van der Waals surface area contributed by atoms with Gasteiger partial charge in [-0.25, -0.2) is 4.98 Å². The first kappa shape index (κ1) is 12.9. The van der Waals surface area contributed by atoms with Crippen molar-refractivity contribution in [2.75, 3.05) is 0 Å². The Morgan fingerprint density at radius 1 is 1.35 bits per heavy atom. The molecule has 3 heterocycles. The van der Waals surface area contributed by atoms with Gasteiger partial charge in [0.05, 0.1) is 12.1 Å². The third-order valence-electron chi connectivity index (χ3n) is 2.61. The van der Waals surface area contributed by atoms with Gasteiger partial charge in [0.2, 0.25) is 0 Å². The number of nitrogens with zero attached hydrogens (tertiary/aromatic N) is 3. The SMILES string of the molecule is O=c1[nH]c(Cn2ccc(C(F)(F)F)n2)nc2ccsc12. The molecule has 3 rings (SSSR count). The van der Waals surface area contributed by atoms with Crippen molar-refractivity contribution in [3.8, 4) is 0 Å². The highest BCUT2D eigenvalue weighted by Crippen LogP contribution is 2.27. The first-order valence-electron chi connectivity index (χ1n) is 5.50. The van der Waals surface area contributed by atoms with Crippen LogP contribution in [-0.4, -0.2) is 19.7 Å². The third-order valence-corrected chi connectivity index (χ3v) is 3.51. The summed E-state index contributed by atoms with van der Waals surface area (Å²) in [4.78, 5) is 18.4. The predicted molar refractivity (Wildman–Crippen MR) is 66.6 cm³/mol. The average Bonchev–Trinajstić information content (AvgIpc) is 2.96. The van der Waals surface area contributed by atoms with Crippen molar-refractivity contribution in [3.63, 3.8) is 0 Å². The van der Waals surface area contributed by atoms with E-state index in [1.54, 1.807) is 11.4 Å². The second-order valence-electron chi connectivity index (χ2n) is 4.04. The lowest BCUT2D eigenvalue weighted by molar-refractivity contribution is -0.141. The smallest absolute Gasteiger partial charge is 0.308 e. The van der Waals surface area contributed by atoms with Crippen LogP contribution >= 0.6 is 11.3 Å². The Kier molecular flexibility index (Phi) is 2.85. The lowest BCUT2D eigenvalue weighted by atomic mass is 10.4. The van der Waals surface area contributed by atoms with Crippen LogP contribution < -0.4 is 5.56 Å². The number of hydrogen-bond donors (Lipinski definition) is 1. The Hall–Kier alpha value is -2.16. The Bertz CT molecular complexity index is 817. The number of rotatable bonds is 2. The number of H-pyrrole nitrogens is 1. The van der Waals surface area contributed by atoms with Crippen LogP contribution in [0.5, 0.6) is 0 Å². The van der Waals surface area contributed by atoms with Crippen molar-refractivity contribution in [3.05, 3.63) is 45.6 Å². The van der Waals surface area contributed by atoms with Crippen LogP contribution in [-0.2, 0) is 12.7 Å². The van der Waals surface area contributed by atoms with E-state index in [-0.39, 0.29) is 17.9 Å². The summed E-state index contributed by atoms with van der Waals surface area (Å²) in [6.45, 7) is -0.0306. The van der Waals surface area contributed by atoms with E-state index in [1.807, 2.05) is 0 Å². The van der Waals surface area contributed by atoms with Gasteiger partial charge in [0, 0.05) is 6.20 Å². The van der Waals surface area contributed by atoms with Gasteiger partial charge in [-0.3, -0.25) is 9.48 Å². The molecular weight excluding hydrogens is 293 g/mol. The molecule has 0 aliphatic rings. The maximum atomic E-state index is 12.4. The van der Waals surface area contributed by atoms with E-state index < -0.39 is 11.9 Å². The second-order valence-corrected chi connectivity index (χ2v) is 4.96. The molecule has 0 spiro atoms. The highest BCUT2D eigenvalue weighted by molar-refractivity contribution is 7.17. The van der Waals surface area contributed by atoms with Gasteiger partial charge in [0.1, 0.15) is 10.5 Å². The summed E-state index contributed by atoms with van der Waals surface area (Å²) in [5.74, 6) is 0.262. The average molecular weight is 300 g/mol. The molecule has 3 aromatic rings. The van der Waals surface area contributed by atoms with Gasteiger partial charge in [-0.05, 0) is 17.5 Å². The summed E-state index contributed by atoms with van der Waals surface area (Å²) < 4.78 is 38.8. The van der Waals surface area contributed by atoms with Gasteiger partial charge in [-0.15, -0.1) is 11.3 Å².